The van der Waals surface area contributed by atoms with Crippen molar-refractivity contribution in [3.63, 3.8) is 0 Å². The molecule has 2 rings (SSSR count). The Hall–Kier alpha value is -2.02. The second kappa shape index (κ2) is 8.38. The zero-order valence-corrected chi connectivity index (χ0v) is 16.6. The van der Waals surface area contributed by atoms with Crippen LogP contribution >= 0.6 is 0 Å². The highest BCUT2D eigenvalue weighted by atomic mass is 15.1. The fourth-order valence-electron chi connectivity index (χ4n) is 3.90. The minimum Gasteiger partial charge on any atom is -0.367 e. The minimum absolute atomic E-state index is 0.458. The lowest BCUT2D eigenvalue weighted by Crippen LogP contribution is -2.26. The molecule has 1 aromatic carbocycles. The molecule has 0 aromatic heterocycles. The van der Waals surface area contributed by atoms with Gasteiger partial charge in [-0.15, -0.1) is 0 Å². The highest BCUT2D eigenvalue weighted by Gasteiger charge is 2.26. The summed E-state index contributed by atoms with van der Waals surface area (Å²) in [6.45, 7) is 21.6. The molecule has 0 spiro atoms. The van der Waals surface area contributed by atoms with Gasteiger partial charge in [0.2, 0.25) is 0 Å². The molecule has 25 heavy (non-hydrogen) atoms. The maximum Gasteiger partial charge on any atom is 0.0439 e. The molecule has 1 unspecified atom stereocenters. The maximum atomic E-state index is 4.17. The molecule has 1 aliphatic heterocycles. The summed E-state index contributed by atoms with van der Waals surface area (Å²) in [5.74, 6) is 0.935. The average Bonchev–Trinajstić information content (AvgIpc) is 2.61. The van der Waals surface area contributed by atoms with E-state index in [2.05, 4.69) is 76.9 Å². The van der Waals surface area contributed by atoms with E-state index in [-0.39, 0.29) is 0 Å². The third-order valence-corrected chi connectivity index (χ3v) is 5.33. The Morgan fingerprint density at radius 2 is 1.72 bits per heavy atom. The van der Waals surface area contributed by atoms with E-state index in [9.17, 15) is 0 Å². The molecule has 0 bridgehead atoms. The third-order valence-electron chi connectivity index (χ3n) is 5.33. The quantitative estimate of drug-likeness (QED) is 0.566. The monoisotopic (exact) mass is 335 g/mol. The summed E-state index contributed by atoms with van der Waals surface area (Å²) in [5.41, 5.74) is 8.16. The summed E-state index contributed by atoms with van der Waals surface area (Å²) in [4.78, 5) is 2.42. The summed E-state index contributed by atoms with van der Waals surface area (Å²) < 4.78 is 0. The van der Waals surface area contributed by atoms with Crippen molar-refractivity contribution in [2.75, 3.05) is 6.54 Å². The minimum atomic E-state index is 0.458. The zero-order chi connectivity index (χ0) is 18.6. The van der Waals surface area contributed by atoms with Crippen LogP contribution in [0.4, 0.5) is 0 Å². The number of fused-ring (bicyclic) bond motifs is 1. The van der Waals surface area contributed by atoms with Crippen molar-refractivity contribution in [1.29, 1.82) is 0 Å². The van der Waals surface area contributed by atoms with Crippen LogP contribution in [0.3, 0.4) is 0 Å². The van der Waals surface area contributed by atoms with Crippen molar-refractivity contribution in [2.45, 2.75) is 47.6 Å². The molecule has 1 aromatic rings. The number of benzene rings is 1. The van der Waals surface area contributed by atoms with Gasteiger partial charge in [-0.2, -0.15) is 0 Å². The summed E-state index contributed by atoms with van der Waals surface area (Å²) in [6.07, 6.45) is 5.16. The van der Waals surface area contributed by atoms with E-state index in [0.29, 0.717) is 11.8 Å². The highest BCUT2D eigenvalue weighted by molar-refractivity contribution is 5.78. The fraction of sp³-hybridized carbons (Fsp3) is 0.417. The van der Waals surface area contributed by atoms with Gasteiger partial charge < -0.3 is 4.90 Å². The topological polar surface area (TPSA) is 3.24 Å². The molecule has 134 valence electrons. The molecule has 1 heterocycles. The first-order valence-corrected chi connectivity index (χ1v) is 9.56. The molecular formula is C24H33N. The van der Waals surface area contributed by atoms with Crippen LogP contribution in [0.2, 0.25) is 0 Å². The van der Waals surface area contributed by atoms with E-state index < -0.39 is 0 Å². The smallest absolute Gasteiger partial charge is 0.0439 e. The standard InChI is InChI=1S/C24H33N/c1-8-18(7)24-20(9-2)22(10-3)25(11-4)16-19-14-12-13-15-21(19)23(24)17(5)6/h9-10,12-15,17-18H,2-3,8,11,16H2,1,4-7H3/b22-20-,24-23-. The van der Waals surface area contributed by atoms with Crippen LogP contribution in [0.1, 0.15) is 52.2 Å². The largest absolute Gasteiger partial charge is 0.367 e. The molecule has 1 atom stereocenters. The lowest BCUT2D eigenvalue weighted by Gasteiger charge is -2.34. The summed E-state index contributed by atoms with van der Waals surface area (Å²) in [5, 5.41) is 0. The first kappa shape index (κ1) is 19.3. The molecule has 0 fully saturated rings. The van der Waals surface area contributed by atoms with Crippen LogP contribution in [-0.4, -0.2) is 11.4 Å². The van der Waals surface area contributed by atoms with E-state index in [1.807, 2.05) is 12.2 Å². The van der Waals surface area contributed by atoms with E-state index >= 15 is 0 Å². The van der Waals surface area contributed by atoms with Crippen molar-refractivity contribution >= 4 is 5.57 Å². The Morgan fingerprint density at radius 3 is 2.24 bits per heavy atom. The van der Waals surface area contributed by atoms with Gasteiger partial charge in [-0.25, -0.2) is 0 Å². The van der Waals surface area contributed by atoms with E-state index in [4.69, 9.17) is 0 Å². The predicted molar refractivity (Wildman–Crippen MR) is 111 cm³/mol. The Kier molecular flexibility index (Phi) is 6.47. The lowest BCUT2D eigenvalue weighted by molar-refractivity contribution is 0.362. The first-order chi connectivity index (χ1) is 12.0. The van der Waals surface area contributed by atoms with Gasteiger partial charge in [-0.3, -0.25) is 0 Å². The maximum absolute atomic E-state index is 4.17. The van der Waals surface area contributed by atoms with Crippen LogP contribution in [0.15, 0.2) is 66.4 Å². The van der Waals surface area contributed by atoms with Crippen LogP contribution < -0.4 is 0 Å². The summed E-state index contributed by atoms with van der Waals surface area (Å²) >= 11 is 0. The lowest BCUT2D eigenvalue weighted by atomic mass is 9.78. The highest BCUT2D eigenvalue weighted by Crippen LogP contribution is 2.41. The summed E-state index contributed by atoms with van der Waals surface area (Å²) in [6, 6.07) is 8.88. The predicted octanol–water partition coefficient (Wildman–Crippen LogP) is 6.60. The number of hydrogen-bond acceptors (Lipinski definition) is 1. The molecule has 1 nitrogen and oxygen atoms in total. The molecule has 1 aliphatic rings. The Labute approximate surface area is 154 Å². The van der Waals surface area contributed by atoms with Crippen LogP contribution in [0.25, 0.3) is 5.57 Å². The third kappa shape index (κ3) is 3.66. The van der Waals surface area contributed by atoms with E-state index in [1.54, 1.807) is 0 Å². The van der Waals surface area contributed by atoms with Crippen LogP contribution in [-0.2, 0) is 6.54 Å². The normalized spacial score (nSPS) is 22.2. The number of hydrogen-bond donors (Lipinski definition) is 0. The van der Waals surface area contributed by atoms with Crippen molar-refractivity contribution < 1.29 is 0 Å². The Morgan fingerprint density at radius 1 is 1.04 bits per heavy atom. The van der Waals surface area contributed by atoms with E-state index in [1.165, 1.54) is 33.5 Å². The second-order valence-corrected chi connectivity index (χ2v) is 7.17. The number of rotatable bonds is 6. The number of likely N-dealkylation sites (N-methyl/N-ethyl adjacent to an activating group) is 1. The van der Waals surface area contributed by atoms with Gasteiger partial charge in [-0.1, -0.05) is 71.2 Å². The van der Waals surface area contributed by atoms with Crippen molar-refractivity contribution in [3.05, 3.63) is 77.5 Å². The van der Waals surface area contributed by atoms with Crippen LogP contribution in [0.5, 0.6) is 0 Å². The van der Waals surface area contributed by atoms with Gasteiger partial charge in [0, 0.05) is 24.4 Å². The molecule has 0 radical (unpaired) electrons. The van der Waals surface area contributed by atoms with Gasteiger partial charge in [0.1, 0.15) is 0 Å². The van der Waals surface area contributed by atoms with Crippen molar-refractivity contribution in [2.24, 2.45) is 11.8 Å². The average molecular weight is 336 g/mol. The molecule has 0 N–H and O–H groups in total. The first-order valence-electron chi connectivity index (χ1n) is 9.56. The van der Waals surface area contributed by atoms with Crippen LogP contribution in [0, 0.1) is 11.8 Å². The zero-order valence-electron chi connectivity index (χ0n) is 16.6. The van der Waals surface area contributed by atoms with E-state index in [0.717, 1.165) is 19.5 Å². The molecule has 0 aliphatic carbocycles. The molecule has 0 saturated carbocycles. The van der Waals surface area contributed by atoms with Crippen molar-refractivity contribution in [1.82, 2.24) is 4.90 Å². The van der Waals surface area contributed by atoms with Gasteiger partial charge >= 0.3 is 0 Å². The Bertz CT molecular complexity index is 703. The summed E-state index contributed by atoms with van der Waals surface area (Å²) in [7, 11) is 0. The Balaban J connectivity index is 2.98. The van der Waals surface area contributed by atoms with Gasteiger partial charge in [0.25, 0.3) is 0 Å². The molecule has 0 saturated heterocycles. The molecule has 0 amide bonds. The number of nitrogens with zero attached hydrogens (tertiary/aromatic N) is 1. The van der Waals surface area contributed by atoms with Gasteiger partial charge in [-0.05, 0) is 53.5 Å². The van der Waals surface area contributed by atoms with Crippen molar-refractivity contribution in [3.8, 4) is 0 Å². The number of allylic oxidation sites excluding steroid dienone is 5. The van der Waals surface area contributed by atoms with Gasteiger partial charge in [0.15, 0.2) is 0 Å². The SMILES string of the molecule is C=CC1=C(\C=C)N(CC)Cc2ccccc2/C(C(C)C)=C\1C(C)CC. The molecule has 1 heteroatoms. The van der Waals surface area contributed by atoms with Gasteiger partial charge in [0.05, 0.1) is 0 Å². The fourth-order valence-corrected chi connectivity index (χ4v) is 3.90. The molecular weight excluding hydrogens is 302 g/mol. The second-order valence-electron chi connectivity index (χ2n) is 7.17.